The van der Waals surface area contributed by atoms with Crippen molar-refractivity contribution in [2.45, 2.75) is 12.1 Å². The maximum Gasteiger partial charge on any atom is 0.335 e. The number of rotatable bonds is 5. The summed E-state index contributed by atoms with van der Waals surface area (Å²) in [5.74, 6) is -0.206. The Morgan fingerprint density at radius 2 is 1.88 bits per heavy atom. The number of nitrogens with zero attached hydrogens (tertiary/aromatic N) is 2. The van der Waals surface area contributed by atoms with Crippen molar-refractivity contribution >= 4 is 29.0 Å². The molecule has 1 aliphatic rings. The van der Waals surface area contributed by atoms with Gasteiger partial charge in [0.05, 0.1) is 17.3 Å². The molecule has 5 rings (SSSR count). The van der Waals surface area contributed by atoms with Crippen LogP contribution >= 0.6 is 12.2 Å². The fraction of sp³-hybridized carbons (Fsp3) is 0.0800. The van der Waals surface area contributed by atoms with Crippen molar-refractivity contribution < 1.29 is 18.7 Å². The van der Waals surface area contributed by atoms with Gasteiger partial charge in [0.15, 0.2) is 5.11 Å². The molecule has 4 aromatic rings. The van der Waals surface area contributed by atoms with Crippen LogP contribution in [-0.4, -0.2) is 21.2 Å². The Bertz CT molecular complexity index is 1320. The lowest BCUT2D eigenvalue weighted by atomic mass is 10.0. The van der Waals surface area contributed by atoms with E-state index in [9.17, 15) is 14.3 Å². The lowest BCUT2D eigenvalue weighted by molar-refractivity contribution is 0.0697. The third-order valence-corrected chi connectivity index (χ3v) is 5.83. The number of halogens is 1. The predicted molar refractivity (Wildman–Crippen MR) is 125 cm³/mol. The first-order chi connectivity index (χ1) is 16.0. The average Bonchev–Trinajstić information content (AvgIpc) is 3.45. The van der Waals surface area contributed by atoms with Gasteiger partial charge in [-0.1, -0.05) is 18.2 Å². The highest BCUT2D eigenvalue weighted by Crippen LogP contribution is 2.42. The quantitative estimate of drug-likeness (QED) is 0.389. The highest BCUT2D eigenvalue weighted by atomic mass is 32.1. The first-order valence-corrected chi connectivity index (χ1v) is 10.6. The van der Waals surface area contributed by atoms with Crippen molar-refractivity contribution in [3.63, 3.8) is 0 Å². The molecule has 33 heavy (non-hydrogen) atoms. The van der Waals surface area contributed by atoms with E-state index in [2.05, 4.69) is 10.3 Å². The Balaban J connectivity index is 1.58. The lowest BCUT2D eigenvalue weighted by Crippen LogP contribution is -2.29. The average molecular weight is 460 g/mol. The number of carboxylic acid groups (broad SMARTS) is 1. The minimum Gasteiger partial charge on any atom is -0.478 e. The van der Waals surface area contributed by atoms with E-state index in [1.54, 1.807) is 42.6 Å². The summed E-state index contributed by atoms with van der Waals surface area (Å²) in [5.41, 5.74) is 2.31. The number of carboxylic acids is 1. The number of hydrogen-bond acceptors (Lipinski definition) is 4. The van der Waals surface area contributed by atoms with Crippen LogP contribution in [0.4, 0.5) is 10.1 Å². The minimum absolute atomic E-state index is 0.175. The highest BCUT2D eigenvalue weighted by molar-refractivity contribution is 7.80. The molecule has 2 atom stereocenters. The van der Waals surface area contributed by atoms with E-state index in [1.807, 2.05) is 29.2 Å². The standard InChI is InChI=1S/C25H18FN3O3S/c26-17-7-9-18(10-8-17)29-23(22(28-25(29)33)19-6-1-2-13-27-19)21-12-11-20(32-21)15-4-3-5-16(14-15)24(30)31/h1-14,22-23H,(H,28,33)(H,30,31). The van der Waals surface area contributed by atoms with Crippen molar-refractivity contribution in [1.29, 1.82) is 0 Å². The molecule has 6 nitrogen and oxygen atoms in total. The van der Waals surface area contributed by atoms with Gasteiger partial charge in [0.2, 0.25) is 0 Å². The Morgan fingerprint density at radius 3 is 2.61 bits per heavy atom. The Labute approximate surface area is 194 Å². The molecule has 8 heteroatoms. The van der Waals surface area contributed by atoms with Crippen LogP contribution < -0.4 is 10.2 Å². The van der Waals surface area contributed by atoms with Crippen molar-refractivity contribution in [3.8, 4) is 11.3 Å². The largest absolute Gasteiger partial charge is 0.478 e. The summed E-state index contributed by atoms with van der Waals surface area (Å²) in [6.45, 7) is 0. The molecule has 0 spiro atoms. The number of aromatic nitrogens is 1. The second-order valence-electron chi connectivity index (χ2n) is 7.56. The van der Waals surface area contributed by atoms with E-state index in [0.29, 0.717) is 27.9 Å². The monoisotopic (exact) mass is 459 g/mol. The van der Waals surface area contributed by atoms with Crippen LogP contribution in [0, 0.1) is 5.82 Å². The van der Waals surface area contributed by atoms with Crippen molar-refractivity contribution in [3.05, 3.63) is 108 Å². The van der Waals surface area contributed by atoms with Crippen LogP contribution in [0.25, 0.3) is 11.3 Å². The fourth-order valence-corrected chi connectivity index (χ4v) is 4.34. The molecule has 1 fully saturated rings. The van der Waals surface area contributed by atoms with E-state index < -0.39 is 12.0 Å². The number of nitrogens with one attached hydrogen (secondary N) is 1. The van der Waals surface area contributed by atoms with Gasteiger partial charge in [-0.25, -0.2) is 9.18 Å². The van der Waals surface area contributed by atoms with Crippen LogP contribution in [0.1, 0.15) is 33.9 Å². The van der Waals surface area contributed by atoms with Gasteiger partial charge in [0.25, 0.3) is 0 Å². The summed E-state index contributed by atoms with van der Waals surface area (Å²) in [6.07, 6.45) is 1.71. The third kappa shape index (κ3) is 3.96. The number of aromatic carboxylic acids is 1. The zero-order valence-corrected chi connectivity index (χ0v) is 18.0. The van der Waals surface area contributed by atoms with E-state index >= 15 is 0 Å². The molecule has 1 aliphatic heterocycles. The van der Waals surface area contributed by atoms with Crippen molar-refractivity contribution in [2.75, 3.05) is 4.90 Å². The molecule has 2 aromatic heterocycles. The summed E-state index contributed by atoms with van der Waals surface area (Å²) in [6, 6.07) is 21.2. The van der Waals surface area contributed by atoms with Crippen LogP contribution in [0.15, 0.2) is 89.5 Å². The fourth-order valence-electron chi connectivity index (χ4n) is 4.00. The number of pyridine rings is 1. The van der Waals surface area contributed by atoms with Crippen LogP contribution in [0.2, 0.25) is 0 Å². The number of carbonyl (C=O) groups is 1. The number of thiocarbonyl (C=S) groups is 1. The Kier molecular flexibility index (Phi) is 5.35. The number of hydrogen-bond donors (Lipinski definition) is 2. The first-order valence-electron chi connectivity index (χ1n) is 10.2. The van der Waals surface area contributed by atoms with Gasteiger partial charge in [-0.15, -0.1) is 0 Å². The maximum atomic E-state index is 13.6. The van der Waals surface area contributed by atoms with Gasteiger partial charge >= 0.3 is 5.97 Å². The summed E-state index contributed by atoms with van der Waals surface area (Å²) < 4.78 is 19.8. The van der Waals surface area contributed by atoms with Gasteiger partial charge in [0.1, 0.15) is 23.4 Å². The second-order valence-corrected chi connectivity index (χ2v) is 7.95. The summed E-state index contributed by atoms with van der Waals surface area (Å²) >= 11 is 5.64. The molecule has 2 unspecified atom stereocenters. The Morgan fingerprint density at radius 1 is 1.06 bits per heavy atom. The predicted octanol–water partition coefficient (Wildman–Crippen LogP) is 5.36. The Hall–Kier alpha value is -4.04. The maximum absolute atomic E-state index is 13.6. The van der Waals surface area contributed by atoms with E-state index in [0.717, 1.165) is 5.69 Å². The van der Waals surface area contributed by atoms with Gasteiger partial charge in [-0.3, -0.25) is 4.98 Å². The molecule has 0 amide bonds. The van der Waals surface area contributed by atoms with Crippen LogP contribution in [-0.2, 0) is 0 Å². The zero-order chi connectivity index (χ0) is 22.9. The third-order valence-electron chi connectivity index (χ3n) is 5.52. The molecule has 1 saturated heterocycles. The number of anilines is 1. The molecule has 0 bridgehead atoms. The smallest absolute Gasteiger partial charge is 0.335 e. The topological polar surface area (TPSA) is 78.6 Å². The SMILES string of the molecule is O=C(O)c1cccc(-c2ccc(C3C(c4ccccn4)NC(=S)N3c3ccc(F)cc3)o2)c1. The minimum atomic E-state index is -1.01. The molecule has 164 valence electrons. The zero-order valence-electron chi connectivity index (χ0n) is 17.2. The molecule has 0 aliphatic carbocycles. The van der Waals surface area contributed by atoms with Gasteiger partial charge in [0, 0.05) is 17.4 Å². The molecule has 0 radical (unpaired) electrons. The normalized spacial score (nSPS) is 17.7. The van der Waals surface area contributed by atoms with Crippen molar-refractivity contribution in [1.82, 2.24) is 10.3 Å². The molecule has 2 aromatic carbocycles. The van der Waals surface area contributed by atoms with Crippen molar-refractivity contribution in [2.24, 2.45) is 0 Å². The van der Waals surface area contributed by atoms with Gasteiger partial charge in [-0.05, 0) is 72.9 Å². The van der Waals surface area contributed by atoms with Gasteiger partial charge < -0.3 is 19.7 Å². The molecular weight excluding hydrogens is 441 g/mol. The van der Waals surface area contributed by atoms with E-state index in [1.165, 1.54) is 18.2 Å². The molecule has 3 heterocycles. The van der Waals surface area contributed by atoms with Crippen LogP contribution in [0.5, 0.6) is 0 Å². The molecular formula is C25H18FN3O3S. The summed E-state index contributed by atoms with van der Waals surface area (Å²) in [7, 11) is 0. The molecule has 0 saturated carbocycles. The van der Waals surface area contributed by atoms with Crippen LogP contribution in [0.3, 0.4) is 0 Å². The lowest BCUT2D eigenvalue weighted by Gasteiger charge is -2.26. The highest BCUT2D eigenvalue weighted by Gasteiger charge is 2.42. The van der Waals surface area contributed by atoms with E-state index in [-0.39, 0.29) is 17.4 Å². The summed E-state index contributed by atoms with van der Waals surface area (Å²) in [4.78, 5) is 17.7. The van der Waals surface area contributed by atoms with E-state index in [4.69, 9.17) is 16.6 Å². The molecule has 2 N–H and O–H groups in total. The number of benzene rings is 2. The summed E-state index contributed by atoms with van der Waals surface area (Å²) in [5, 5.41) is 13.1. The number of furan rings is 1. The first kappa shape index (κ1) is 20.8. The second kappa shape index (κ2) is 8.48. The van der Waals surface area contributed by atoms with Gasteiger partial charge in [-0.2, -0.15) is 0 Å².